The number of carbonyl (C=O) groups excluding carboxylic acids is 1. The molecule has 0 heterocycles. The van der Waals surface area contributed by atoms with Gasteiger partial charge in [0.15, 0.2) is 5.97 Å². The second-order valence-electron chi connectivity index (χ2n) is 5.00. The third-order valence-electron chi connectivity index (χ3n) is 3.94. The van der Waals surface area contributed by atoms with Crippen LogP contribution in [0.3, 0.4) is 0 Å². The van der Waals surface area contributed by atoms with Crippen LogP contribution < -0.4 is 0 Å². The Balaban J connectivity index is 0. The monoisotopic (exact) mass is 404 g/mol. The van der Waals surface area contributed by atoms with E-state index in [1.165, 1.54) is 13.2 Å². The average molecular weight is 404 g/mol. The molecule has 1 aromatic carbocycles. The van der Waals surface area contributed by atoms with Crippen molar-refractivity contribution >= 4 is 11.9 Å². The summed E-state index contributed by atoms with van der Waals surface area (Å²) in [6.07, 6.45) is 7.05. The fraction of sp³-hybridized carbons (Fsp3) is 0.316. The van der Waals surface area contributed by atoms with E-state index in [0.717, 1.165) is 16.7 Å². The first-order valence-corrected chi connectivity index (χ1v) is 6.82. The number of ether oxygens (including phenoxy) is 1. The molecule has 0 saturated carbocycles. The second kappa shape index (κ2) is 10.6. The van der Waals surface area contributed by atoms with Crippen molar-refractivity contribution in [2.45, 2.75) is 34.6 Å². The Morgan fingerprint density at radius 3 is 1.96 bits per heavy atom. The van der Waals surface area contributed by atoms with E-state index in [9.17, 15) is 14.7 Å². The molecule has 0 unspecified atom stereocenters. The third kappa shape index (κ3) is 5.12. The summed E-state index contributed by atoms with van der Waals surface area (Å²) in [5, 5.41) is 9.50. The molecule has 0 bridgehead atoms. The number of aromatic carboxylic acids is 1. The van der Waals surface area contributed by atoms with Crippen LogP contribution in [0.15, 0.2) is 11.6 Å². The van der Waals surface area contributed by atoms with Gasteiger partial charge in [-0.1, -0.05) is 23.6 Å². The zero-order valence-corrected chi connectivity index (χ0v) is 18.2. The van der Waals surface area contributed by atoms with Gasteiger partial charge in [-0.25, -0.2) is 18.2 Å². The van der Waals surface area contributed by atoms with E-state index < -0.39 is 11.9 Å². The van der Waals surface area contributed by atoms with Crippen molar-refractivity contribution in [2.75, 3.05) is 7.11 Å². The molecule has 4 nitrogen and oxygen atoms in total. The number of carbonyl (C=O) groups is 2. The van der Waals surface area contributed by atoms with Crippen molar-refractivity contribution in [3.05, 3.63) is 64.6 Å². The molecule has 0 spiro atoms. The number of allylic oxidation sites excluding steroid dienone is 1. The first-order valence-electron chi connectivity index (χ1n) is 6.82. The largest absolute Gasteiger partial charge is 3.00 e. The van der Waals surface area contributed by atoms with Crippen LogP contribution in [-0.4, -0.2) is 24.2 Å². The second-order valence-corrected chi connectivity index (χ2v) is 5.00. The van der Waals surface area contributed by atoms with Gasteiger partial charge < -0.3 is 22.1 Å². The zero-order valence-electron chi connectivity index (χ0n) is 15.3. The zero-order chi connectivity index (χ0) is 17.0. The Morgan fingerprint density at radius 2 is 1.54 bits per heavy atom. The summed E-state index contributed by atoms with van der Waals surface area (Å²) >= 11 is 0. The molecule has 1 aromatic rings. The molecule has 24 heavy (non-hydrogen) atoms. The Kier molecular flexibility index (Phi) is 11.0. The summed E-state index contributed by atoms with van der Waals surface area (Å²) in [4.78, 5) is 23.1. The van der Waals surface area contributed by atoms with Crippen LogP contribution in [0, 0.1) is 47.3 Å². The Labute approximate surface area is 169 Å². The van der Waals surface area contributed by atoms with Crippen molar-refractivity contribution in [1.29, 1.82) is 0 Å². The summed E-state index contributed by atoms with van der Waals surface area (Å²) in [7, 11) is 1.28. The van der Waals surface area contributed by atoms with Crippen molar-refractivity contribution in [3.63, 3.8) is 0 Å². The van der Waals surface area contributed by atoms with Crippen LogP contribution >= 0.6 is 0 Å². The minimum absolute atomic E-state index is 0. The fourth-order valence-electron chi connectivity index (χ4n) is 2.25. The van der Waals surface area contributed by atoms with Gasteiger partial charge in [0.2, 0.25) is 0 Å². The first-order chi connectivity index (χ1) is 10.3. The number of esters is 1. The molecule has 0 radical (unpaired) electrons. The average Bonchev–Trinajstić information content (AvgIpc) is 2.49. The van der Waals surface area contributed by atoms with E-state index >= 15 is 0 Å². The Bertz CT molecular complexity index is 685. The molecule has 0 aliphatic rings. The molecular formula is C19H23O4Y. The van der Waals surface area contributed by atoms with E-state index in [4.69, 9.17) is 0 Å². The first kappa shape index (κ1) is 25.0. The van der Waals surface area contributed by atoms with Gasteiger partial charge in [-0.05, 0) is 26.3 Å². The summed E-state index contributed by atoms with van der Waals surface area (Å²) in [5.41, 5.74) is 4.39. The van der Waals surface area contributed by atoms with Crippen LogP contribution in [0.25, 0.3) is 0 Å². The van der Waals surface area contributed by atoms with Gasteiger partial charge >= 0.3 is 32.7 Å². The topological polar surface area (TPSA) is 63.6 Å². The molecule has 0 aliphatic carbocycles. The molecule has 0 aliphatic heterocycles. The molecule has 1 rings (SSSR count). The number of hydrogen-bond acceptors (Lipinski definition) is 3. The number of rotatable bonds is 4. The normalized spacial score (nSPS) is 10.8. The SMILES string of the molecule is C[C-]=C(C=[C-]c1c(C)c(C)c(C)c(C)c1C(=O)O)C(=O)OC.[CH3-].[Y+3]. The van der Waals surface area contributed by atoms with Crippen molar-refractivity contribution < 1.29 is 52.1 Å². The summed E-state index contributed by atoms with van der Waals surface area (Å²) in [5.74, 6) is -1.55. The van der Waals surface area contributed by atoms with Gasteiger partial charge in [0.1, 0.15) is 0 Å². The van der Waals surface area contributed by atoms with E-state index in [-0.39, 0.29) is 51.3 Å². The Morgan fingerprint density at radius 1 is 1.04 bits per heavy atom. The van der Waals surface area contributed by atoms with E-state index in [2.05, 4.69) is 16.9 Å². The third-order valence-corrected chi connectivity index (χ3v) is 3.94. The summed E-state index contributed by atoms with van der Waals surface area (Å²) in [6.45, 7) is 9.05. The van der Waals surface area contributed by atoms with Crippen LogP contribution in [0.5, 0.6) is 0 Å². The molecule has 126 valence electrons. The van der Waals surface area contributed by atoms with Crippen LogP contribution in [0.4, 0.5) is 0 Å². The minimum atomic E-state index is -1.01. The number of benzene rings is 1. The number of methoxy groups -OCH3 is 1. The number of hydrogen-bond donors (Lipinski definition) is 1. The Hall–Kier alpha value is -1.26. The molecular weight excluding hydrogens is 381 g/mol. The van der Waals surface area contributed by atoms with Crippen molar-refractivity contribution in [1.82, 2.24) is 0 Å². The summed E-state index contributed by atoms with van der Waals surface area (Å²) < 4.78 is 4.64. The standard InChI is InChI=1S/C18H20O4.CH3.Y/c1-7-14(18(21)22-6)8-9-15-12(4)10(2)11(3)13(5)16(15)17(19)20;;/h8H,1-6H3,(H,19,20);1H3;/q-2;-1;+3. The number of carboxylic acid groups (broad SMARTS) is 1. The maximum absolute atomic E-state index is 11.6. The van der Waals surface area contributed by atoms with Crippen molar-refractivity contribution in [2.24, 2.45) is 0 Å². The van der Waals surface area contributed by atoms with Crippen LogP contribution in [-0.2, 0) is 42.2 Å². The maximum atomic E-state index is 11.6. The minimum Gasteiger partial charge on any atom is -0.529 e. The predicted octanol–water partition coefficient (Wildman–Crippen LogP) is 3.70. The van der Waals surface area contributed by atoms with Gasteiger partial charge in [-0.2, -0.15) is 5.57 Å². The maximum Gasteiger partial charge on any atom is 3.00 e. The van der Waals surface area contributed by atoms with Crippen LogP contribution in [0.2, 0.25) is 0 Å². The van der Waals surface area contributed by atoms with Crippen molar-refractivity contribution in [3.8, 4) is 0 Å². The number of carboxylic acids is 1. The quantitative estimate of drug-likeness (QED) is 0.360. The molecule has 5 heteroatoms. The smallest absolute Gasteiger partial charge is 0.529 e. The van der Waals surface area contributed by atoms with Gasteiger partial charge in [-0.15, -0.1) is 18.1 Å². The molecule has 1 N–H and O–H groups in total. The molecule has 0 saturated heterocycles. The predicted molar refractivity (Wildman–Crippen MR) is 90.1 cm³/mol. The molecule has 0 atom stereocenters. The summed E-state index contributed by atoms with van der Waals surface area (Å²) in [6, 6.07) is 0. The molecule has 0 amide bonds. The molecule has 0 aromatic heterocycles. The molecule has 0 fully saturated rings. The van der Waals surface area contributed by atoms with E-state index in [0.29, 0.717) is 11.1 Å². The van der Waals surface area contributed by atoms with E-state index in [1.54, 1.807) is 13.8 Å². The van der Waals surface area contributed by atoms with Gasteiger partial charge in [0, 0.05) is 0 Å². The van der Waals surface area contributed by atoms with E-state index in [1.807, 2.05) is 20.8 Å². The van der Waals surface area contributed by atoms with Crippen LogP contribution in [0.1, 0.15) is 45.1 Å². The van der Waals surface area contributed by atoms with Gasteiger partial charge in [0.25, 0.3) is 5.97 Å². The van der Waals surface area contributed by atoms with Gasteiger partial charge in [0.05, 0.1) is 7.11 Å². The van der Waals surface area contributed by atoms with Gasteiger partial charge in [-0.3, -0.25) is 4.79 Å². The fourth-order valence-corrected chi connectivity index (χ4v) is 2.25.